The van der Waals surface area contributed by atoms with Gasteiger partial charge in [0, 0.05) is 12.1 Å². The number of hydrogen-bond donors (Lipinski definition) is 1. The number of alkyl halides is 2. The molecule has 1 heterocycles. The van der Waals surface area contributed by atoms with Gasteiger partial charge < -0.3 is 19.1 Å². The first kappa shape index (κ1) is 22.7. The van der Waals surface area contributed by atoms with E-state index in [2.05, 4.69) is 4.74 Å². The summed E-state index contributed by atoms with van der Waals surface area (Å²) in [6.45, 7) is -3.82. The Morgan fingerprint density at radius 3 is 2.53 bits per heavy atom. The van der Waals surface area contributed by atoms with E-state index in [-0.39, 0.29) is 36.8 Å². The van der Waals surface area contributed by atoms with Gasteiger partial charge in [-0.2, -0.15) is 8.78 Å². The third kappa shape index (κ3) is 6.00. The molecule has 0 radical (unpaired) electrons. The number of fused-ring (bicyclic) bond motifs is 1. The molecule has 3 rings (SSSR count). The van der Waals surface area contributed by atoms with Gasteiger partial charge >= 0.3 is 12.6 Å². The Labute approximate surface area is 180 Å². The van der Waals surface area contributed by atoms with Crippen molar-refractivity contribution in [3.05, 3.63) is 54.1 Å². The summed E-state index contributed by atoms with van der Waals surface area (Å²) in [6, 6.07) is 11.6. The molecular weight excluding hydrogens is 430 g/mol. The van der Waals surface area contributed by atoms with Gasteiger partial charge in [-0.05, 0) is 36.4 Å². The van der Waals surface area contributed by atoms with Crippen molar-refractivity contribution in [1.29, 1.82) is 0 Å². The molecule has 3 amide bonds. The topological polar surface area (TPSA) is 111 Å². The minimum absolute atomic E-state index is 0.0239. The Morgan fingerprint density at radius 2 is 1.81 bits per heavy atom. The number of ether oxygens (including phenoxy) is 3. The molecule has 0 atom stereocenters. The number of nitrogens with one attached hydrogen (secondary N) is 1. The van der Waals surface area contributed by atoms with Crippen LogP contribution in [-0.4, -0.2) is 50.1 Å². The monoisotopic (exact) mass is 448 g/mol. The van der Waals surface area contributed by atoms with Crippen molar-refractivity contribution < 1.29 is 42.2 Å². The van der Waals surface area contributed by atoms with Crippen LogP contribution in [0.4, 0.5) is 14.5 Å². The molecule has 0 fully saturated rings. The lowest BCUT2D eigenvalue weighted by molar-refractivity contribution is -0.148. The third-order valence-corrected chi connectivity index (χ3v) is 4.31. The lowest BCUT2D eigenvalue weighted by Gasteiger charge is -2.28. The van der Waals surface area contributed by atoms with Crippen molar-refractivity contribution in [2.24, 2.45) is 0 Å². The Bertz CT molecular complexity index is 1010. The van der Waals surface area contributed by atoms with E-state index in [0.717, 1.165) is 12.1 Å². The van der Waals surface area contributed by atoms with E-state index in [1.807, 2.05) is 5.32 Å². The highest BCUT2D eigenvalue weighted by atomic mass is 19.3. The molecule has 11 heteroatoms. The lowest BCUT2D eigenvalue weighted by Crippen LogP contribution is -2.40. The molecule has 168 valence electrons. The van der Waals surface area contributed by atoms with Gasteiger partial charge in [0.15, 0.2) is 13.2 Å². The molecule has 0 saturated carbocycles. The highest BCUT2D eigenvalue weighted by Crippen LogP contribution is 2.31. The SMILES string of the molecule is O=C(COC(=O)CCN1C(=O)COc2ccccc21)NC(=O)c1ccc(OC(F)F)cc1. The molecule has 2 aromatic rings. The minimum atomic E-state index is -3.00. The number of hydrogen-bond acceptors (Lipinski definition) is 7. The zero-order valence-corrected chi connectivity index (χ0v) is 16.6. The summed E-state index contributed by atoms with van der Waals surface area (Å²) in [6.07, 6.45) is -0.174. The maximum atomic E-state index is 12.1. The Balaban J connectivity index is 1.43. The van der Waals surface area contributed by atoms with Crippen LogP contribution in [0.2, 0.25) is 0 Å². The number of amides is 3. The highest BCUT2D eigenvalue weighted by Gasteiger charge is 2.25. The van der Waals surface area contributed by atoms with Crippen LogP contribution in [0.25, 0.3) is 0 Å². The van der Waals surface area contributed by atoms with Crippen LogP contribution in [-0.2, 0) is 19.1 Å². The Kier molecular flexibility index (Phi) is 7.32. The predicted octanol–water partition coefficient (Wildman–Crippen LogP) is 1.90. The summed E-state index contributed by atoms with van der Waals surface area (Å²) >= 11 is 0. The number of imide groups is 1. The number of nitrogens with zero attached hydrogens (tertiary/aromatic N) is 1. The maximum Gasteiger partial charge on any atom is 0.387 e. The maximum absolute atomic E-state index is 12.1. The average molecular weight is 448 g/mol. The summed E-state index contributed by atoms with van der Waals surface area (Å²) in [7, 11) is 0. The molecule has 1 aliphatic heterocycles. The second kappa shape index (κ2) is 10.3. The van der Waals surface area contributed by atoms with Crippen molar-refractivity contribution >= 4 is 29.4 Å². The van der Waals surface area contributed by atoms with Crippen LogP contribution in [0, 0.1) is 0 Å². The number of anilines is 1. The highest BCUT2D eigenvalue weighted by molar-refractivity contribution is 6.05. The number of benzene rings is 2. The fourth-order valence-corrected chi connectivity index (χ4v) is 2.84. The fraction of sp³-hybridized carbons (Fsp3) is 0.238. The Morgan fingerprint density at radius 1 is 1.09 bits per heavy atom. The van der Waals surface area contributed by atoms with Gasteiger partial charge in [0.2, 0.25) is 0 Å². The van der Waals surface area contributed by atoms with Gasteiger partial charge in [-0.25, -0.2) is 0 Å². The number of carbonyl (C=O) groups is 4. The Hall–Kier alpha value is -4.02. The van der Waals surface area contributed by atoms with Crippen LogP contribution in [0.1, 0.15) is 16.8 Å². The summed E-state index contributed by atoms with van der Waals surface area (Å²) < 4.78 is 38.6. The van der Waals surface area contributed by atoms with E-state index in [1.165, 1.54) is 17.0 Å². The number of esters is 1. The zero-order chi connectivity index (χ0) is 23.1. The van der Waals surface area contributed by atoms with E-state index in [0.29, 0.717) is 11.4 Å². The molecule has 1 N–H and O–H groups in total. The molecule has 0 aliphatic carbocycles. The first-order valence-corrected chi connectivity index (χ1v) is 9.40. The molecule has 32 heavy (non-hydrogen) atoms. The normalized spacial score (nSPS) is 12.6. The average Bonchev–Trinajstić information content (AvgIpc) is 2.77. The first-order valence-electron chi connectivity index (χ1n) is 9.40. The standard InChI is InChI=1S/C21H18F2N2O7/c22-21(23)32-14-7-5-13(6-8-14)20(29)24-17(26)11-31-19(28)9-10-25-15-3-1-2-4-16(15)30-12-18(25)27/h1-8,21H,9-12H2,(H,24,26,29). The van der Waals surface area contributed by atoms with Crippen LogP contribution < -0.4 is 19.7 Å². The van der Waals surface area contributed by atoms with Crippen molar-refractivity contribution in [3.63, 3.8) is 0 Å². The van der Waals surface area contributed by atoms with E-state index in [9.17, 15) is 28.0 Å². The van der Waals surface area contributed by atoms with Gasteiger partial charge in [-0.3, -0.25) is 24.5 Å². The van der Waals surface area contributed by atoms with Crippen molar-refractivity contribution in [2.45, 2.75) is 13.0 Å². The van der Waals surface area contributed by atoms with Crippen molar-refractivity contribution in [1.82, 2.24) is 5.32 Å². The van der Waals surface area contributed by atoms with E-state index >= 15 is 0 Å². The van der Waals surface area contributed by atoms with Crippen LogP contribution >= 0.6 is 0 Å². The number of rotatable bonds is 8. The smallest absolute Gasteiger partial charge is 0.387 e. The van der Waals surface area contributed by atoms with Gasteiger partial charge in [-0.1, -0.05) is 12.1 Å². The van der Waals surface area contributed by atoms with Crippen LogP contribution in [0.5, 0.6) is 11.5 Å². The second-order valence-electron chi connectivity index (χ2n) is 6.49. The molecule has 0 unspecified atom stereocenters. The van der Waals surface area contributed by atoms with E-state index in [4.69, 9.17) is 9.47 Å². The fourth-order valence-electron chi connectivity index (χ4n) is 2.84. The molecule has 2 aromatic carbocycles. The molecule has 0 saturated heterocycles. The summed E-state index contributed by atoms with van der Waals surface area (Å²) in [4.78, 5) is 49.3. The largest absolute Gasteiger partial charge is 0.482 e. The van der Waals surface area contributed by atoms with Gasteiger partial charge in [0.1, 0.15) is 11.5 Å². The van der Waals surface area contributed by atoms with E-state index < -0.39 is 31.0 Å². The van der Waals surface area contributed by atoms with Crippen LogP contribution in [0.3, 0.4) is 0 Å². The molecule has 0 aromatic heterocycles. The van der Waals surface area contributed by atoms with Crippen molar-refractivity contribution in [2.75, 3.05) is 24.7 Å². The second-order valence-corrected chi connectivity index (χ2v) is 6.49. The molecule has 9 nitrogen and oxygen atoms in total. The number of halogens is 2. The predicted molar refractivity (Wildman–Crippen MR) is 105 cm³/mol. The molecule has 0 spiro atoms. The van der Waals surface area contributed by atoms with Crippen molar-refractivity contribution in [3.8, 4) is 11.5 Å². The van der Waals surface area contributed by atoms with Gasteiger partial charge in [0.05, 0.1) is 12.1 Å². The molecule has 0 bridgehead atoms. The minimum Gasteiger partial charge on any atom is -0.482 e. The summed E-state index contributed by atoms with van der Waals surface area (Å²) in [5.74, 6) is -2.35. The number of carbonyl (C=O) groups excluding carboxylic acids is 4. The zero-order valence-electron chi connectivity index (χ0n) is 16.6. The summed E-state index contributed by atoms with van der Waals surface area (Å²) in [5.41, 5.74) is 0.556. The molecular formula is C21H18F2N2O7. The van der Waals surface area contributed by atoms with E-state index in [1.54, 1.807) is 24.3 Å². The van der Waals surface area contributed by atoms with Crippen LogP contribution in [0.15, 0.2) is 48.5 Å². The van der Waals surface area contributed by atoms with Gasteiger partial charge in [-0.15, -0.1) is 0 Å². The lowest BCUT2D eigenvalue weighted by atomic mass is 10.2. The summed E-state index contributed by atoms with van der Waals surface area (Å²) in [5, 5.41) is 2.01. The van der Waals surface area contributed by atoms with Gasteiger partial charge in [0.25, 0.3) is 17.7 Å². The third-order valence-electron chi connectivity index (χ3n) is 4.31. The number of para-hydroxylation sites is 2. The molecule has 1 aliphatic rings. The quantitative estimate of drug-likeness (QED) is 0.614. The first-order chi connectivity index (χ1) is 15.3.